The van der Waals surface area contributed by atoms with Crippen LogP contribution < -0.4 is 15.4 Å². The van der Waals surface area contributed by atoms with E-state index in [2.05, 4.69) is 22.2 Å². The highest BCUT2D eigenvalue weighted by atomic mass is 16.5. The molecule has 2 aromatic rings. The van der Waals surface area contributed by atoms with Gasteiger partial charge in [0.25, 0.3) is 5.91 Å². The van der Waals surface area contributed by atoms with Crippen LogP contribution in [-0.4, -0.2) is 24.5 Å². The summed E-state index contributed by atoms with van der Waals surface area (Å²) in [4.78, 5) is 15.8. The standard InChI is InChI=1S/C16H17N3O2/c1-3-10-17-16(20)14-9-8-12(11-18-14)19-13-6-4-5-7-15(13)21-2/h3-9,11,19H,1,10H2,2H3,(H,17,20). The van der Waals surface area contributed by atoms with Crippen LogP contribution in [0.15, 0.2) is 55.3 Å². The second-order valence-corrected chi connectivity index (χ2v) is 4.26. The summed E-state index contributed by atoms with van der Waals surface area (Å²) in [5.74, 6) is 0.518. The molecule has 5 nitrogen and oxygen atoms in total. The number of para-hydroxylation sites is 2. The summed E-state index contributed by atoms with van der Waals surface area (Å²) in [7, 11) is 1.62. The molecular formula is C16H17N3O2. The zero-order valence-corrected chi connectivity index (χ0v) is 11.8. The van der Waals surface area contributed by atoms with Gasteiger partial charge < -0.3 is 15.4 Å². The minimum absolute atomic E-state index is 0.223. The minimum Gasteiger partial charge on any atom is -0.495 e. The maximum Gasteiger partial charge on any atom is 0.270 e. The lowest BCUT2D eigenvalue weighted by molar-refractivity contribution is 0.0953. The fourth-order valence-electron chi connectivity index (χ4n) is 1.76. The number of ether oxygens (including phenoxy) is 1. The summed E-state index contributed by atoms with van der Waals surface area (Å²) in [5, 5.41) is 5.87. The molecule has 2 N–H and O–H groups in total. The number of hydrogen-bond acceptors (Lipinski definition) is 4. The fourth-order valence-corrected chi connectivity index (χ4v) is 1.76. The van der Waals surface area contributed by atoms with Crippen molar-refractivity contribution in [3.8, 4) is 5.75 Å². The van der Waals surface area contributed by atoms with Crippen LogP contribution in [0.5, 0.6) is 5.75 Å². The van der Waals surface area contributed by atoms with E-state index in [4.69, 9.17) is 4.74 Å². The lowest BCUT2D eigenvalue weighted by Crippen LogP contribution is -2.24. The van der Waals surface area contributed by atoms with Crippen molar-refractivity contribution in [1.29, 1.82) is 0 Å². The zero-order valence-electron chi connectivity index (χ0n) is 11.8. The Morgan fingerprint density at radius 1 is 1.33 bits per heavy atom. The molecule has 0 aliphatic rings. The number of pyridine rings is 1. The van der Waals surface area contributed by atoms with Gasteiger partial charge >= 0.3 is 0 Å². The maximum atomic E-state index is 11.7. The molecule has 0 aliphatic heterocycles. The lowest BCUT2D eigenvalue weighted by Gasteiger charge is -2.10. The average molecular weight is 283 g/mol. The Bertz CT molecular complexity index is 624. The van der Waals surface area contributed by atoms with Gasteiger partial charge in [-0.15, -0.1) is 6.58 Å². The summed E-state index contributed by atoms with van der Waals surface area (Å²) in [5.41, 5.74) is 1.98. The predicted molar refractivity (Wildman–Crippen MR) is 83.0 cm³/mol. The molecule has 0 saturated carbocycles. The van der Waals surface area contributed by atoms with Gasteiger partial charge in [-0.05, 0) is 24.3 Å². The number of nitrogens with zero attached hydrogens (tertiary/aromatic N) is 1. The smallest absolute Gasteiger partial charge is 0.270 e. The van der Waals surface area contributed by atoms with E-state index in [9.17, 15) is 4.79 Å². The van der Waals surface area contributed by atoms with Crippen molar-refractivity contribution in [2.75, 3.05) is 19.0 Å². The first-order chi connectivity index (χ1) is 10.2. The van der Waals surface area contributed by atoms with Crippen molar-refractivity contribution < 1.29 is 9.53 Å². The van der Waals surface area contributed by atoms with Gasteiger partial charge in [0.05, 0.1) is 24.7 Å². The van der Waals surface area contributed by atoms with Gasteiger partial charge in [0.2, 0.25) is 0 Å². The number of hydrogen-bond donors (Lipinski definition) is 2. The van der Waals surface area contributed by atoms with Crippen molar-refractivity contribution >= 4 is 17.3 Å². The monoisotopic (exact) mass is 283 g/mol. The largest absolute Gasteiger partial charge is 0.495 e. The predicted octanol–water partition coefficient (Wildman–Crippen LogP) is 2.75. The number of aromatic nitrogens is 1. The van der Waals surface area contributed by atoms with Gasteiger partial charge in [-0.25, -0.2) is 4.98 Å². The van der Waals surface area contributed by atoms with Crippen LogP contribution in [0.3, 0.4) is 0 Å². The summed E-state index contributed by atoms with van der Waals surface area (Å²) >= 11 is 0. The number of nitrogens with one attached hydrogen (secondary N) is 2. The molecule has 0 spiro atoms. The lowest BCUT2D eigenvalue weighted by atomic mass is 10.2. The third-order valence-electron chi connectivity index (χ3n) is 2.79. The van der Waals surface area contributed by atoms with Gasteiger partial charge in [0.15, 0.2) is 0 Å². The van der Waals surface area contributed by atoms with Crippen LogP contribution in [-0.2, 0) is 0 Å². The Hall–Kier alpha value is -2.82. The number of rotatable bonds is 6. The molecule has 0 radical (unpaired) electrons. The van der Waals surface area contributed by atoms with Crippen LogP contribution in [0.2, 0.25) is 0 Å². The molecule has 1 aromatic heterocycles. The highest BCUT2D eigenvalue weighted by Gasteiger charge is 2.06. The molecule has 0 bridgehead atoms. The molecule has 21 heavy (non-hydrogen) atoms. The highest BCUT2D eigenvalue weighted by Crippen LogP contribution is 2.26. The molecule has 0 fully saturated rings. The molecule has 5 heteroatoms. The minimum atomic E-state index is -0.223. The molecular weight excluding hydrogens is 266 g/mol. The van der Waals surface area contributed by atoms with Gasteiger partial charge in [0.1, 0.15) is 11.4 Å². The van der Waals surface area contributed by atoms with Crippen molar-refractivity contribution in [3.05, 3.63) is 60.9 Å². The first kappa shape index (κ1) is 14.6. The van der Waals surface area contributed by atoms with E-state index < -0.39 is 0 Å². The second kappa shape index (κ2) is 7.09. The molecule has 0 unspecified atom stereocenters. The molecule has 1 aromatic carbocycles. The third kappa shape index (κ3) is 3.82. The molecule has 2 rings (SSSR count). The van der Waals surface area contributed by atoms with Crippen LogP contribution in [0.4, 0.5) is 11.4 Å². The van der Waals surface area contributed by atoms with E-state index >= 15 is 0 Å². The Morgan fingerprint density at radius 2 is 2.14 bits per heavy atom. The van der Waals surface area contributed by atoms with Crippen molar-refractivity contribution in [1.82, 2.24) is 10.3 Å². The van der Waals surface area contributed by atoms with Gasteiger partial charge in [-0.2, -0.15) is 0 Å². The summed E-state index contributed by atoms with van der Waals surface area (Å²) in [6.45, 7) is 3.96. The Labute approximate surface area is 123 Å². The quantitative estimate of drug-likeness (QED) is 0.800. The first-order valence-electron chi connectivity index (χ1n) is 6.50. The SMILES string of the molecule is C=CCNC(=O)c1ccc(Nc2ccccc2OC)cn1. The summed E-state index contributed by atoms with van der Waals surface area (Å²) < 4.78 is 5.27. The third-order valence-corrected chi connectivity index (χ3v) is 2.79. The van der Waals surface area contributed by atoms with E-state index in [1.54, 1.807) is 31.5 Å². The highest BCUT2D eigenvalue weighted by molar-refractivity contribution is 5.92. The Morgan fingerprint density at radius 3 is 2.81 bits per heavy atom. The number of amides is 1. The molecule has 1 heterocycles. The topological polar surface area (TPSA) is 63.2 Å². The first-order valence-corrected chi connectivity index (χ1v) is 6.50. The molecule has 108 valence electrons. The fraction of sp³-hybridized carbons (Fsp3) is 0.125. The van der Waals surface area contributed by atoms with E-state index in [-0.39, 0.29) is 5.91 Å². The van der Waals surface area contributed by atoms with Gasteiger partial charge in [0, 0.05) is 6.54 Å². The normalized spacial score (nSPS) is 9.76. The van der Waals surface area contributed by atoms with Crippen molar-refractivity contribution in [2.45, 2.75) is 0 Å². The van der Waals surface area contributed by atoms with Crippen LogP contribution in [0.1, 0.15) is 10.5 Å². The molecule has 0 saturated heterocycles. The molecule has 0 atom stereocenters. The molecule has 0 aliphatic carbocycles. The van der Waals surface area contributed by atoms with Crippen molar-refractivity contribution in [3.63, 3.8) is 0 Å². The average Bonchev–Trinajstić information content (AvgIpc) is 2.54. The second-order valence-electron chi connectivity index (χ2n) is 4.26. The maximum absolute atomic E-state index is 11.7. The van der Waals surface area contributed by atoms with Crippen LogP contribution in [0.25, 0.3) is 0 Å². The Balaban J connectivity index is 2.09. The zero-order chi connectivity index (χ0) is 15.1. The number of methoxy groups -OCH3 is 1. The van der Waals surface area contributed by atoms with E-state index in [0.29, 0.717) is 12.2 Å². The number of carbonyl (C=O) groups excluding carboxylic acids is 1. The summed E-state index contributed by atoms with van der Waals surface area (Å²) in [6.07, 6.45) is 3.23. The van der Waals surface area contributed by atoms with Crippen LogP contribution >= 0.6 is 0 Å². The van der Waals surface area contributed by atoms with E-state index in [1.807, 2.05) is 24.3 Å². The number of benzene rings is 1. The van der Waals surface area contributed by atoms with E-state index in [0.717, 1.165) is 17.1 Å². The van der Waals surface area contributed by atoms with Crippen molar-refractivity contribution in [2.24, 2.45) is 0 Å². The van der Waals surface area contributed by atoms with Gasteiger partial charge in [-0.3, -0.25) is 4.79 Å². The molecule has 1 amide bonds. The number of anilines is 2. The van der Waals surface area contributed by atoms with Gasteiger partial charge in [-0.1, -0.05) is 18.2 Å². The van der Waals surface area contributed by atoms with E-state index in [1.165, 1.54) is 0 Å². The summed E-state index contributed by atoms with van der Waals surface area (Å²) in [6, 6.07) is 11.0. The Kier molecular flexibility index (Phi) is 4.93. The number of carbonyl (C=O) groups is 1. The van der Waals surface area contributed by atoms with Crippen LogP contribution in [0, 0.1) is 0 Å².